The highest BCUT2D eigenvalue weighted by atomic mass is 32.2. The molecule has 1 saturated heterocycles. The molecule has 0 aliphatic carbocycles. The second kappa shape index (κ2) is 10.5. The largest absolute Gasteiger partial charge is 0.366 e. The van der Waals surface area contributed by atoms with Crippen molar-refractivity contribution in [3.8, 4) is 0 Å². The van der Waals surface area contributed by atoms with E-state index < -0.39 is 15.9 Å². The van der Waals surface area contributed by atoms with Crippen LogP contribution in [0, 0.1) is 0 Å². The molecular weight excluding hydrogens is 472 g/mol. The maximum Gasteiger partial charge on any atom is 0.248 e. The number of thiophene rings is 1. The van der Waals surface area contributed by atoms with E-state index >= 15 is 0 Å². The zero-order chi connectivity index (χ0) is 24.1. The van der Waals surface area contributed by atoms with Crippen LogP contribution in [0.15, 0.2) is 77.0 Å². The molecule has 34 heavy (non-hydrogen) atoms. The average Bonchev–Trinajstić information content (AvgIpc) is 3.38. The van der Waals surface area contributed by atoms with E-state index in [4.69, 9.17) is 5.73 Å². The first-order chi connectivity index (χ1) is 16.3. The van der Waals surface area contributed by atoms with E-state index in [-0.39, 0.29) is 42.0 Å². The first-order valence-electron chi connectivity index (χ1n) is 10.8. The van der Waals surface area contributed by atoms with Crippen molar-refractivity contribution in [2.24, 2.45) is 5.73 Å². The number of carbonyl (C=O) groups is 2. The van der Waals surface area contributed by atoms with Gasteiger partial charge in [0.15, 0.2) is 0 Å². The van der Waals surface area contributed by atoms with Gasteiger partial charge in [-0.05, 0) is 41.3 Å². The van der Waals surface area contributed by atoms with Gasteiger partial charge < -0.3 is 11.1 Å². The number of nitrogens with one attached hydrogen (secondary N) is 1. The minimum Gasteiger partial charge on any atom is -0.366 e. The molecular formula is C24H26N4O4S2. The van der Waals surface area contributed by atoms with Crippen LogP contribution in [0.3, 0.4) is 0 Å². The van der Waals surface area contributed by atoms with Crippen LogP contribution in [-0.4, -0.2) is 62.2 Å². The van der Waals surface area contributed by atoms with Gasteiger partial charge in [-0.25, -0.2) is 8.42 Å². The van der Waals surface area contributed by atoms with Crippen molar-refractivity contribution < 1.29 is 18.0 Å². The number of piperazine rings is 1. The van der Waals surface area contributed by atoms with Crippen molar-refractivity contribution in [2.45, 2.75) is 10.9 Å². The van der Waals surface area contributed by atoms with Crippen LogP contribution < -0.4 is 11.1 Å². The highest BCUT2D eigenvalue weighted by molar-refractivity contribution is 7.89. The van der Waals surface area contributed by atoms with Crippen LogP contribution in [0.5, 0.6) is 0 Å². The molecule has 1 atom stereocenters. The van der Waals surface area contributed by atoms with E-state index in [0.717, 1.165) is 10.4 Å². The van der Waals surface area contributed by atoms with E-state index in [1.807, 2.05) is 52.7 Å². The Hall–Kier alpha value is -3.05. The number of nitrogens with two attached hydrogens (primary N) is 1. The van der Waals surface area contributed by atoms with Crippen LogP contribution in [-0.2, 0) is 14.8 Å². The molecule has 0 spiro atoms. The van der Waals surface area contributed by atoms with E-state index in [2.05, 4.69) is 5.32 Å². The third-order valence-electron chi connectivity index (χ3n) is 5.74. The monoisotopic (exact) mass is 498 g/mol. The van der Waals surface area contributed by atoms with Crippen molar-refractivity contribution >= 4 is 33.2 Å². The van der Waals surface area contributed by atoms with Gasteiger partial charge in [0.2, 0.25) is 21.8 Å². The summed E-state index contributed by atoms with van der Waals surface area (Å²) in [5.41, 5.74) is 6.49. The van der Waals surface area contributed by atoms with Gasteiger partial charge in [0.05, 0.1) is 17.5 Å². The molecule has 8 nitrogen and oxygen atoms in total. The number of primary amides is 1. The van der Waals surface area contributed by atoms with E-state index in [9.17, 15) is 18.0 Å². The number of hydrogen-bond acceptors (Lipinski definition) is 6. The topological polar surface area (TPSA) is 113 Å². The maximum atomic E-state index is 12.9. The maximum absolute atomic E-state index is 12.9. The molecule has 2 heterocycles. The SMILES string of the molecule is NC(=O)c1ccc(S(=O)(=O)N2CCN(CC(=O)N[C@H](c3ccccc3)c3cccs3)CC2)cc1. The first kappa shape index (κ1) is 24.1. The Bertz CT molecular complexity index is 1220. The van der Waals surface area contributed by atoms with Crippen molar-refractivity contribution in [3.05, 3.63) is 88.1 Å². The molecule has 2 aromatic carbocycles. The lowest BCUT2D eigenvalue weighted by Gasteiger charge is -2.33. The molecule has 178 valence electrons. The van der Waals surface area contributed by atoms with Crippen LogP contribution in [0.2, 0.25) is 0 Å². The lowest BCUT2D eigenvalue weighted by molar-refractivity contribution is -0.123. The Morgan fingerprint density at radius 3 is 2.21 bits per heavy atom. The van der Waals surface area contributed by atoms with Gasteiger partial charge in [-0.3, -0.25) is 14.5 Å². The highest BCUT2D eigenvalue weighted by Gasteiger charge is 2.29. The Kier molecular flexibility index (Phi) is 7.42. The molecule has 1 aliphatic rings. The van der Waals surface area contributed by atoms with Crippen LogP contribution >= 0.6 is 11.3 Å². The van der Waals surface area contributed by atoms with Gasteiger partial charge in [0, 0.05) is 36.6 Å². The zero-order valence-corrected chi connectivity index (χ0v) is 20.1. The molecule has 1 aliphatic heterocycles. The summed E-state index contributed by atoms with van der Waals surface area (Å²) in [6.45, 7) is 1.64. The third kappa shape index (κ3) is 5.53. The second-order valence-electron chi connectivity index (χ2n) is 8.00. The summed E-state index contributed by atoms with van der Waals surface area (Å²) in [5.74, 6) is -0.718. The number of rotatable bonds is 8. The van der Waals surface area contributed by atoms with Crippen molar-refractivity contribution in [1.82, 2.24) is 14.5 Å². The average molecular weight is 499 g/mol. The van der Waals surface area contributed by atoms with Gasteiger partial charge in [-0.1, -0.05) is 36.4 Å². The van der Waals surface area contributed by atoms with E-state index in [0.29, 0.717) is 13.1 Å². The lowest BCUT2D eigenvalue weighted by atomic mass is 10.1. The summed E-state index contributed by atoms with van der Waals surface area (Å²) >= 11 is 1.59. The normalized spacial score (nSPS) is 16.1. The minimum atomic E-state index is -3.69. The Balaban J connectivity index is 1.35. The predicted molar refractivity (Wildman–Crippen MR) is 131 cm³/mol. The molecule has 0 saturated carbocycles. The van der Waals surface area contributed by atoms with Gasteiger partial charge in [0.25, 0.3) is 0 Å². The Labute approximate surface area is 203 Å². The molecule has 0 bridgehead atoms. The molecule has 3 aromatic rings. The first-order valence-corrected chi connectivity index (χ1v) is 13.2. The highest BCUT2D eigenvalue weighted by Crippen LogP contribution is 2.26. The van der Waals surface area contributed by atoms with Crippen LogP contribution in [0.4, 0.5) is 0 Å². The molecule has 0 unspecified atom stereocenters. The number of sulfonamides is 1. The van der Waals surface area contributed by atoms with E-state index in [1.165, 1.54) is 28.6 Å². The molecule has 2 amide bonds. The smallest absolute Gasteiger partial charge is 0.248 e. The van der Waals surface area contributed by atoms with Crippen LogP contribution in [0.25, 0.3) is 0 Å². The van der Waals surface area contributed by atoms with Crippen LogP contribution in [0.1, 0.15) is 26.8 Å². The second-order valence-corrected chi connectivity index (χ2v) is 10.9. The molecule has 1 aromatic heterocycles. The third-order valence-corrected chi connectivity index (χ3v) is 8.59. The standard InChI is InChI=1S/C24H26N4O4S2/c25-24(30)19-8-10-20(11-9-19)34(31,32)28-14-12-27(13-15-28)17-22(29)26-23(21-7-4-16-33-21)18-5-2-1-3-6-18/h1-11,16,23H,12-15,17H2,(H2,25,30)(H,26,29)/t23-/m1/s1. The molecule has 4 rings (SSSR count). The number of nitrogens with zero attached hydrogens (tertiary/aromatic N) is 2. The summed E-state index contributed by atoms with van der Waals surface area (Å²) in [4.78, 5) is 27.2. The van der Waals surface area contributed by atoms with Crippen molar-refractivity contribution in [3.63, 3.8) is 0 Å². The van der Waals surface area contributed by atoms with Crippen molar-refractivity contribution in [2.75, 3.05) is 32.7 Å². The Morgan fingerprint density at radius 1 is 0.941 bits per heavy atom. The molecule has 10 heteroatoms. The summed E-state index contributed by atoms with van der Waals surface area (Å²) in [5, 5.41) is 5.11. The molecule has 1 fully saturated rings. The number of carbonyl (C=O) groups excluding carboxylic acids is 2. The molecule has 0 radical (unpaired) electrons. The fraction of sp³-hybridized carbons (Fsp3) is 0.250. The lowest BCUT2D eigenvalue weighted by Crippen LogP contribution is -2.51. The summed E-state index contributed by atoms with van der Waals surface area (Å²) in [6.07, 6.45) is 0. The fourth-order valence-corrected chi connectivity index (χ4v) is 6.12. The van der Waals surface area contributed by atoms with Gasteiger partial charge in [-0.15, -0.1) is 11.3 Å². The Morgan fingerprint density at radius 2 is 1.62 bits per heavy atom. The fourth-order valence-electron chi connectivity index (χ4n) is 3.90. The summed E-state index contributed by atoms with van der Waals surface area (Å²) in [6, 6.07) is 19.2. The number of hydrogen-bond donors (Lipinski definition) is 2. The summed E-state index contributed by atoms with van der Waals surface area (Å²) < 4.78 is 27.3. The molecule has 3 N–H and O–H groups in total. The number of amides is 2. The van der Waals surface area contributed by atoms with E-state index in [1.54, 1.807) is 11.3 Å². The van der Waals surface area contributed by atoms with Gasteiger partial charge in [0.1, 0.15) is 0 Å². The predicted octanol–water partition coefficient (Wildman–Crippen LogP) is 2.06. The van der Waals surface area contributed by atoms with Gasteiger partial charge in [-0.2, -0.15) is 4.31 Å². The van der Waals surface area contributed by atoms with Gasteiger partial charge >= 0.3 is 0 Å². The number of benzene rings is 2. The zero-order valence-electron chi connectivity index (χ0n) is 18.5. The summed E-state index contributed by atoms with van der Waals surface area (Å²) in [7, 11) is -3.69. The van der Waals surface area contributed by atoms with Crippen molar-refractivity contribution in [1.29, 1.82) is 0 Å². The minimum absolute atomic E-state index is 0.111. The quantitative estimate of drug-likeness (QED) is 0.494.